The van der Waals surface area contributed by atoms with Gasteiger partial charge in [0.1, 0.15) is 0 Å². The molecule has 1 aliphatic heterocycles. The first-order valence-corrected chi connectivity index (χ1v) is 8.50. The molecule has 5 heteroatoms. The Morgan fingerprint density at radius 1 is 1.21 bits per heavy atom. The molecule has 0 aliphatic carbocycles. The van der Waals surface area contributed by atoms with Crippen molar-refractivity contribution in [2.45, 2.75) is 31.7 Å². The second kappa shape index (κ2) is 6.50. The third-order valence-electron chi connectivity index (χ3n) is 3.60. The number of nitrogens with zero attached hydrogens (tertiary/aromatic N) is 1. The third-order valence-corrected chi connectivity index (χ3v) is 5.56. The summed E-state index contributed by atoms with van der Waals surface area (Å²) >= 11 is 0. The summed E-state index contributed by atoms with van der Waals surface area (Å²) < 4.78 is 26.4. The minimum atomic E-state index is -3.15. The summed E-state index contributed by atoms with van der Waals surface area (Å²) in [5.74, 6) is 0.216. The first-order chi connectivity index (χ1) is 9.15. The molecule has 1 aromatic rings. The number of nitrogens with two attached hydrogens (primary N) is 1. The molecule has 0 saturated carbocycles. The number of unbranched alkanes of at least 4 members (excludes halogenated alkanes) is 1. The molecule has 0 aromatic heterocycles. The van der Waals surface area contributed by atoms with Crippen molar-refractivity contribution in [1.82, 2.24) is 4.31 Å². The van der Waals surface area contributed by atoms with Crippen LogP contribution in [0, 0.1) is 0 Å². The Morgan fingerprint density at radius 2 is 1.95 bits per heavy atom. The van der Waals surface area contributed by atoms with Crippen LogP contribution >= 0.6 is 0 Å². The molecule has 0 amide bonds. The van der Waals surface area contributed by atoms with E-state index in [0.29, 0.717) is 19.5 Å². The second-order valence-electron chi connectivity index (χ2n) is 4.99. The molecule has 2 rings (SSSR count). The second-order valence-corrected chi connectivity index (χ2v) is 7.03. The lowest BCUT2D eigenvalue weighted by Crippen LogP contribution is -2.32. The van der Waals surface area contributed by atoms with Gasteiger partial charge in [-0.3, -0.25) is 0 Å². The van der Waals surface area contributed by atoms with Gasteiger partial charge in [-0.15, -0.1) is 0 Å². The fourth-order valence-electron chi connectivity index (χ4n) is 2.63. The molecule has 1 saturated heterocycles. The number of benzene rings is 1. The van der Waals surface area contributed by atoms with Gasteiger partial charge in [0.2, 0.25) is 10.0 Å². The van der Waals surface area contributed by atoms with Gasteiger partial charge in [-0.1, -0.05) is 30.3 Å². The highest BCUT2D eigenvalue weighted by Gasteiger charge is 2.34. The summed E-state index contributed by atoms with van der Waals surface area (Å²) in [5.41, 5.74) is 6.52. The average molecular weight is 282 g/mol. The Hall–Kier alpha value is -0.910. The van der Waals surface area contributed by atoms with Gasteiger partial charge in [-0.25, -0.2) is 8.42 Å². The van der Waals surface area contributed by atoms with E-state index in [-0.39, 0.29) is 11.8 Å². The van der Waals surface area contributed by atoms with Crippen molar-refractivity contribution >= 4 is 10.0 Å². The van der Waals surface area contributed by atoms with Gasteiger partial charge in [0, 0.05) is 12.6 Å². The smallest absolute Gasteiger partial charge is 0.214 e. The molecule has 0 radical (unpaired) electrons. The van der Waals surface area contributed by atoms with E-state index in [4.69, 9.17) is 5.73 Å². The number of hydrogen-bond donors (Lipinski definition) is 1. The van der Waals surface area contributed by atoms with Crippen molar-refractivity contribution in [3.8, 4) is 0 Å². The van der Waals surface area contributed by atoms with Crippen molar-refractivity contribution in [3.63, 3.8) is 0 Å². The summed E-state index contributed by atoms with van der Waals surface area (Å²) in [6.45, 7) is 1.20. The lowest BCUT2D eigenvalue weighted by atomic mass is 10.1. The highest BCUT2D eigenvalue weighted by molar-refractivity contribution is 7.89. The van der Waals surface area contributed by atoms with E-state index in [9.17, 15) is 8.42 Å². The van der Waals surface area contributed by atoms with E-state index in [2.05, 4.69) is 0 Å². The monoisotopic (exact) mass is 282 g/mol. The van der Waals surface area contributed by atoms with Crippen LogP contribution in [0.3, 0.4) is 0 Å². The molecule has 19 heavy (non-hydrogen) atoms. The summed E-state index contributed by atoms with van der Waals surface area (Å²) in [6, 6.07) is 9.93. The van der Waals surface area contributed by atoms with Crippen molar-refractivity contribution in [3.05, 3.63) is 35.9 Å². The van der Waals surface area contributed by atoms with Crippen LogP contribution in [0.25, 0.3) is 0 Å². The van der Waals surface area contributed by atoms with E-state index < -0.39 is 10.0 Å². The first kappa shape index (κ1) is 14.5. The van der Waals surface area contributed by atoms with Crippen LogP contribution < -0.4 is 5.73 Å². The standard InChI is InChI=1S/C14H22N2O2S/c15-10-4-5-12-19(17,18)16-11-6-9-14(16)13-7-2-1-3-8-13/h1-3,7-8,14H,4-6,9-12,15H2. The molecule has 4 nitrogen and oxygen atoms in total. The zero-order chi connectivity index (χ0) is 13.7. The lowest BCUT2D eigenvalue weighted by molar-refractivity contribution is 0.396. The van der Waals surface area contributed by atoms with Crippen molar-refractivity contribution in [2.24, 2.45) is 5.73 Å². The lowest BCUT2D eigenvalue weighted by Gasteiger charge is -2.24. The summed E-state index contributed by atoms with van der Waals surface area (Å²) in [5, 5.41) is 0. The van der Waals surface area contributed by atoms with Gasteiger partial charge in [0.25, 0.3) is 0 Å². The maximum atomic E-state index is 12.4. The highest BCUT2D eigenvalue weighted by Crippen LogP contribution is 2.34. The Kier molecular flexibility index (Phi) is 4.96. The van der Waals surface area contributed by atoms with Gasteiger partial charge in [0.15, 0.2) is 0 Å². The Balaban J connectivity index is 2.10. The van der Waals surface area contributed by atoms with Crippen LogP contribution in [0.4, 0.5) is 0 Å². The van der Waals surface area contributed by atoms with Gasteiger partial charge >= 0.3 is 0 Å². The number of sulfonamides is 1. The van der Waals surface area contributed by atoms with E-state index in [1.807, 2.05) is 30.3 Å². The zero-order valence-electron chi connectivity index (χ0n) is 11.2. The fourth-order valence-corrected chi connectivity index (χ4v) is 4.45. The molecule has 2 N–H and O–H groups in total. The normalized spacial score (nSPS) is 20.8. The zero-order valence-corrected chi connectivity index (χ0v) is 12.0. The summed E-state index contributed by atoms with van der Waals surface area (Å²) in [7, 11) is -3.15. The van der Waals surface area contributed by atoms with Crippen LogP contribution in [0.5, 0.6) is 0 Å². The van der Waals surface area contributed by atoms with Crippen LogP contribution in [-0.4, -0.2) is 31.6 Å². The largest absolute Gasteiger partial charge is 0.330 e. The molecule has 1 aromatic carbocycles. The van der Waals surface area contributed by atoms with Crippen LogP contribution in [0.1, 0.15) is 37.3 Å². The maximum absolute atomic E-state index is 12.4. The minimum absolute atomic E-state index is 0.0177. The fraction of sp³-hybridized carbons (Fsp3) is 0.571. The highest BCUT2D eigenvalue weighted by atomic mass is 32.2. The van der Waals surface area contributed by atoms with Crippen molar-refractivity contribution in [1.29, 1.82) is 0 Å². The average Bonchev–Trinajstić information content (AvgIpc) is 2.90. The van der Waals surface area contributed by atoms with Gasteiger partial charge < -0.3 is 5.73 Å². The topological polar surface area (TPSA) is 63.4 Å². The van der Waals surface area contributed by atoms with E-state index in [1.165, 1.54) is 0 Å². The Bertz CT molecular complexity index is 487. The number of rotatable bonds is 6. The molecule has 1 fully saturated rings. The summed E-state index contributed by atoms with van der Waals surface area (Å²) in [4.78, 5) is 0. The van der Waals surface area contributed by atoms with Crippen molar-refractivity contribution in [2.75, 3.05) is 18.8 Å². The molecule has 0 bridgehead atoms. The molecule has 106 valence electrons. The quantitative estimate of drug-likeness (QED) is 0.810. The maximum Gasteiger partial charge on any atom is 0.214 e. The van der Waals surface area contributed by atoms with E-state index >= 15 is 0 Å². The molecule has 1 atom stereocenters. The summed E-state index contributed by atoms with van der Waals surface area (Å²) in [6.07, 6.45) is 3.27. The molecule has 1 heterocycles. The minimum Gasteiger partial charge on any atom is -0.330 e. The van der Waals surface area contributed by atoms with Crippen LogP contribution in [0.15, 0.2) is 30.3 Å². The van der Waals surface area contributed by atoms with Gasteiger partial charge in [0.05, 0.1) is 5.75 Å². The van der Waals surface area contributed by atoms with Crippen LogP contribution in [0.2, 0.25) is 0 Å². The molecule has 1 unspecified atom stereocenters. The Morgan fingerprint density at radius 3 is 2.63 bits per heavy atom. The molecule has 1 aliphatic rings. The molecular formula is C14H22N2O2S. The predicted molar refractivity (Wildman–Crippen MR) is 77.2 cm³/mol. The van der Waals surface area contributed by atoms with Crippen molar-refractivity contribution < 1.29 is 8.42 Å². The number of hydrogen-bond acceptors (Lipinski definition) is 3. The van der Waals surface area contributed by atoms with E-state index in [1.54, 1.807) is 4.31 Å². The van der Waals surface area contributed by atoms with Gasteiger partial charge in [-0.05, 0) is 37.8 Å². The van der Waals surface area contributed by atoms with E-state index in [0.717, 1.165) is 24.8 Å². The van der Waals surface area contributed by atoms with Crippen LogP contribution in [-0.2, 0) is 10.0 Å². The Labute approximate surface area is 115 Å². The molecule has 0 spiro atoms. The molecular weight excluding hydrogens is 260 g/mol. The first-order valence-electron chi connectivity index (χ1n) is 6.89. The third kappa shape index (κ3) is 3.55. The van der Waals surface area contributed by atoms with Gasteiger partial charge in [-0.2, -0.15) is 4.31 Å². The predicted octanol–water partition coefficient (Wildman–Crippen LogP) is 1.89. The SMILES string of the molecule is NCCCCS(=O)(=O)N1CCCC1c1ccccc1.